The third-order valence-electron chi connectivity index (χ3n) is 0.167. The number of hydrogen-bond acceptors (Lipinski definition) is 0. The Morgan fingerprint density at radius 1 is 2.00 bits per heavy atom. The summed E-state index contributed by atoms with van der Waals surface area (Å²) in [7, 11) is 0. The molecule has 1 heteroatoms. The van der Waals surface area contributed by atoms with Gasteiger partial charge < -0.3 is 0 Å². The van der Waals surface area contributed by atoms with Crippen LogP contribution in [-0.4, -0.2) is 16.3 Å². The Labute approximate surface area is 34.9 Å². The van der Waals surface area contributed by atoms with Gasteiger partial charge in [0.15, 0.2) is 0 Å². The monoisotopic (exact) mass is 68.0 g/mol. The summed E-state index contributed by atoms with van der Waals surface area (Å²) in [5.41, 5.74) is 0. The zero-order valence-corrected chi connectivity index (χ0v) is 3.72. The van der Waals surface area contributed by atoms with E-state index in [2.05, 4.69) is 22.9 Å². The van der Waals surface area contributed by atoms with Crippen LogP contribution in [0.3, 0.4) is 0 Å². The molecule has 0 heterocycles. The molecule has 0 spiro atoms. The molecule has 0 N–H and O–H groups in total. The summed E-state index contributed by atoms with van der Waals surface area (Å²) in [6, 6.07) is 0. The number of allylic oxidation sites excluding steroid dienone is 1. The Bertz CT molecular complexity index is 17.2. The van der Waals surface area contributed by atoms with Crippen LogP contribution >= 0.6 is 0 Å². The summed E-state index contributed by atoms with van der Waals surface area (Å²) in [5.74, 6) is 0. The van der Waals surface area contributed by atoms with Crippen molar-refractivity contribution in [3.05, 3.63) is 12.7 Å². The van der Waals surface area contributed by atoms with Gasteiger partial charge in [-0.3, -0.25) is 0 Å². The standard InChI is InChI=1S/C3H5.Al/c1-3-2;/h3H,1-2H2;/q;+2. The minimum absolute atomic E-state index is 1.00. The van der Waals surface area contributed by atoms with Crippen molar-refractivity contribution in [2.75, 3.05) is 0 Å². The van der Waals surface area contributed by atoms with Crippen molar-refractivity contribution in [1.82, 2.24) is 0 Å². The SMILES string of the molecule is C=C[CH2][Al+2]. The van der Waals surface area contributed by atoms with Crippen LogP contribution in [0.5, 0.6) is 0 Å². The van der Waals surface area contributed by atoms with Gasteiger partial charge in [-0.1, -0.05) is 0 Å². The fourth-order valence-electron chi connectivity index (χ4n) is 0. The summed E-state index contributed by atoms with van der Waals surface area (Å²) in [6.07, 6.45) is 1.84. The number of hydrogen-bond donors (Lipinski definition) is 0. The van der Waals surface area contributed by atoms with Crippen molar-refractivity contribution < 1.29 is 0 Å². The molecule has 0 unspecified atom stereocenters. The molecular weight excluding hydrogens is 63.0 g/mol. The van der Waals surface area contributed by atoms with Gasteiger partial charge >= 0.3 is 34.2 Å². The van der Waals surface area contributed by atoms with Crippen LogP contribution in [0.1, 0.15) is 0 Å². The Morgan fingerprint density at radius 2 is 2.25 bits per heavy atom. The molecule has 18 valence electrons. The molecule has 0 rings (SSSR count). The molecule has 0 aromatic rings. The van der Waals surface area contributed by atoms with Crippen LogP contribution in [0.25, 0.3) is 0 Å². The van der Waals surface area contributed by atoms with Gasteiger partial charge in [-0.05, 0) is 0 Å². The molecule has 0 amide bonds. The van der Waals surface area contributed by atoms with Gasteiger partial charge in [-0.2, -0.15) is 0 Å². The van der Waals surface area contributed by atoms with Crippen LogP contribution in [0.4, 0.5) is 0 Å². The fraction of sp³-hybridized carbons (Fsp3) is 0.333. The van der Waals surface area contributed by atoms with Gasteiger partial charge in [0.2, 0.25) is 0 Å². The maximum absolute atomic E-state index is 3.46. The van der Waals surface area contributed by atoms with Crippen LogP contribution in [-0.2, 0) is 0 Å². The van der Waals surface area contributed by atoms with E-state index in [1.165, 1.54) is 0 Å². The average molecular weight is 68.1 g/mol. The van der Waals surface area contributed by atoms with Crippen molar-refractivity contribution in [2.45, 2.75) is 5.28 Å². The first-order valence-corrected chi connectivity index (χ1v) is 2.04. The molecule has 0 radical (unpaired) electrons. The van der Waals surface area contributed by atoms with E-state index in [1.807, 2.05) is 6.08 Å². The van der Waals surface area contributed by atoms with Crippen molar-refractivity contribution in [3.63, 3.8) is 0 Å². The Hall–Kier alpha value is 0.272. The van der Waals surface area contributed by atoms with E-state index in [0.29, 0.717) is 0 Å². The summed E-state index contributed by atoms with van der Waals surface area (Å²) < 4.78 is 0. The normalized spacial score (nSPS) is 6.50. The van der Waals surface area contributed by atoms with E-state index in [-0.39, 0.29) is 0 Å². The predicted molar refractivity (Wildman–Crippen MR) is 20.8 cm³/mol. The first-order valence-electron chi connectivity index (χ1n) is 1.22. The van der Waals surface area contributed by atoms with Gasteiger partial charge in [0.1, 0.15) is 0 Å². The first-order chi connectivity index (χ1) is 1.91. The van der Waals surface area contributed by atoms with Crippen molar-refractivity contribution in [3.8, 4) is 0 Å². The zero-order chi connectivity index (χ0) is 3.41. The van der Waals surface area contributed by atoms with E-state index in [4.69, 9.17) is 0 Å². The van der Waals surface area contributed by atoms with Crippen molar-refractivity contribution in [2.24, 2.45) is 0 Å². The van der Waals surface area contributed by atoms with Crippen LogP contribution < -0.4 is 0 Å². The van der Waals surface area contributed by atoms with Crippen LogP contribution in [0.15, 0.2) is 12.7 Å². The topological polar surface area (TPSA) is 0 Å². The van der Waals surface area contributed by atoms with Gasteiger partial charge in [0.05, 0.1) is 0 Å². The predicted octanol–water partition coefficient (Wildman–Crippen LogP) is 0.759. The summed E-state index contributed by atoms with van der Waals surface area (Å²) in [6.45, 7) is 3.46. The molecule has 4 heavy (non-hydrogen) atoms. The van der Waals surface area contributed by atoms with Gasteiger partial charge in [-0.15, -0.1) is 0 Å². The van der Waals surface area contributed by atoms with E-state index < -0.39 is 0 Å². The zero-order valence-electron chi connectivity index (χ0n) is 2.57. The van der Waals surface area contributed by atoms with Crippen LogP contribution in [0, 0.1) is 0 Å². The molecule has 0 aromatic carbocycles. The minimum atomic E-state index is 1.00. The molecule has 0 aliphatic rings. The second-order valence-electron chi connectivity index (χ2n) is 0.524. The Kier molecular flexibility index (Phi) is 3.50. The molecule has 0 saturated carbocycles. The number of rotatable bonds is 1. The quantitative estimate of drug-likeness (QED) is 0.314. The molecule has 0 bridgehead atoms. The molecule has 0 aliphatic carbocycles. The average Bonchev–Trinajstić information content (AvgIpc) is 1.37. The summed E-state index contributed by atoms with van der Waals surface area (Å²) in [4.78, 5) is 0. The Balaban J connectivity index is 2.30. The van der Waals surface area contributed by atoms with E-state index in [1.54, 1.807) is 0 Å². The molecule has 0 saturated heterocycles. The molecular formula is C3H5Al+2. The molecule has 0 fully saturated rings. The van der Waals surface area contributed by atoms with E-state index in [0.717, 1.165) is 5.28 Å². The fourth-order valence-corrected chi connectivity index (χ4v) is 0. The molecule has 0 aromatic heterocycles. The first kappa shape index (κ1) is 4.27. The van der Waals surface area contributed by atoms with Crippen molar-refractivity contribution in [1.29, 1.82) is 0 Å². The van der Waals surface area contributed by atoms with Crippen molar-refractivity contribution >= 4 is 16.3 Å². The summed E-state index contributed by atoms with van der Waals surface area (Å²) in [5, 5.41) is 1.00. The van der Waals surface area contributed by atoms with Gasteiger partial charge in [-0.25, -0.2) is 0 Å². The maximum atomic E-state index is 3.46. The summed E-state index contributed by atoms with van der Waals surface area (Å²) >= 11 is 2.54. The molecule has 0 atom stereocenters. The molecule has 0 nitrogen and oxygen atoms in total. The van der Waals surface area contributed by atoms with E-state index in [9.17, 15) is 0 Å². The third kappa shape index (κ3) is 2.27. The van der Waals surface area contributed by atoms with Gasteiger partial charge in [0, 0.05) is 0 Å². The second kappa shape index (κ2) is 3.27. The van der Waals surface area contributed by atoms with Gasteiger partial charge in [0.25, 0.3) is 0 Å². The van der Waals surface area contributed by atoms with E-state index >= 15 is 0 Å². The van der Waals surface area contributed by atoms with Crippen LogP contribution in [0.2, 0.25) is 5.28 Å². The third-order valence-corrected chi connectivity index (χ3v) is 0.500. The Morgan fingerprint density at radius 3 is 2.25 bits per heavy atom. The molecule has 0 aliphatic heterocycles. The second-order valence-corrected chi connectivity index (χ2v) is 0.996.